The first kappa shape index (κ1) is 15.6. The van der Waals surface area contributed by atoms with Crippen LogP contribution in [0.25, 0.3) is 0 Å². The minimum atomic E-state index is -0.430. The summed E-state index contributed by atoms with van der Waals surface area (Å²) in [5.41, 5.74) is 5.81. The van der Waals surface area contributed by atoms with Gasteiger partial charge in [-0.25, -0.2) is 4.39 Å². The van der Waals surface area contributed by atoms with Crippen LogP contribution in [0.5, 0.6) is 0 Å². The summed E-state index contributed by atoms with van der Waals surface area (Å²) in [5, 5.41) is 2.56. The van der Waals surface area contributed by atoms with E-state index in [1.165, 1.54) is 12.1 Å². The third-order valence-electron chi connectivity index (χ3n) is 2.81. The minimum Gasteiger partial charge on any atom is -0.330 e. The molecule has 0 heterocycles. The first-order valence-electron chi connectivity index (χ1n) is 6.27. The van der Waals surface area contributed by atoms with Crippen molar-refractivity contribution in [2.45, 2.75) is 13.8 Å². The van der Waals surface area contributed by atoms with Crippen LogP contribution in [0.3, 0.4) is 0 Å². The predicted molar refractivity (Wildman–Crippen MR) is 75.4 cm³/mol. The Hall–Kier alpha value is -1.46. The fourth-order valence-corrected chi connectivity index (χ4v) is 1.85. The van der Waals surface area contributed by atoms with Crippen molar-refractivity contribution in [2.24, 2.45) is 11.1 Å². The van der Waals surface area contributed by atoms with Crippen LogP contribution in [0, 0.1) is 11.2 Å². The van der Waals surface area contributed by atoms with Crippen molar-refractivity contribution >= 4 is 11.6 Å². The van der Waals surface area contributed by atoms with E-state index in [4.69, 9.17) is 5.73 Å². The molecule has 3 N–H and O–H groups in total. The Morgan fingerprint density at radius 2 is 2.05 bits per heavy atom. The maximum atomic E-state index is 13.4. The number of carbonyl (C=O) groups is 1. The molecule has 0 spiro atoms. The fourth-order valence-electron chi connectivity index (χ4n) is 1.85. The second-order valence-electron chi connectivity index (χ2n) is 5.57. The predicted octanol–water partition coefficient (Wildman–Crippen LogP) is 1.68. The number of likely N-dealkylation sites (N-methyl/N-ethyl adjacent to an activating group) is 1. The minimum absolute atomic E-state index is 0.0486. The average molecular weight is 267 g/mol. The molecule has 0 radical (unpaired) electrons. The molecule has 1 aromatic carbocycles. The molecule has 0 saturated heterocycles. The maximum Gasteiger partial charge on any atom is 0.238 e. The molecule has 0 aliphatic carbocycles. The zero-order chi connectivity index (χ0) is 14.5. The van der Waals surface area contributed by atoms with Crippen LogP contribution < -0.4 is 11.1 Å². The Balaban J connectivity index is 2.50. The van der Waals surface area contributed by atoms with Gasteiger partial charge in [-0.1, -0.05) is 26.0 Å². The van der Waals surface area contributed by atoms with Gasteiger partial charge in [-0.05, 0) is 31.1 Å². The third kappa shape index (κ3) is 5.36. The van der Waals surface area contributed by atoms with E-state index in [9.17, 15) is 9.18 Å². The molecule has 19 heavy (non-hydrogen) atoms. The van der Waals surface area contributed by atoms with Gasteiger partial charge < -0.3 is 11.1 Å². The highest BCUT2D eigenvalue weighted by Crippen LogP contribution is 2.14. The number of hydrogen-bond donors (Lipinski definition) is 2. The molecule has 4 nitrogen and oxygen atoms in total. The second-order valence-corrected chi connectivity index (χ2v) is 5.57. The smallest absolute Gasteiger partial charge is 0.238 e. The lowest BCUT2D eigenvalue weighted by Gasteiger charge is -2.28. The highest BCUT2D eigenvalue weighted by atomic mass is 19.1. The number of anilines is 1. The molecule has 106 valence electrons. The van der Waals surface area contributed by atoms with Crippen molar-refractivity contribution in [2.75, 3.05) is 32.0 Å². The summed E-state index contributed by atoms with van der Waals surface area (Å²) in [7, 11) is 1.85. The fraction of sp³-hybridized carbons (Fsp3) is 0.500. The van der Waals surface area contributed by atoms with Crippen molar-refractivity contribution in [1.82, 2.24) is 4.90 Å². The number of nitrogens with two attached hydrogens (primary N) is 1. The van der Waals surface area contributed by atoms with Gasteiger partial charge >= 0.3 is 0 Å². The highest BCUT2D eigenvalue weighted by molar-refractivity contribution is 5.92. The first-order chi connectivity index (χ1) is 8.84. The van der Waals surface area contributed by atoms with Crippen LogP contribution in [-0.4, -0.2) is 37.5 Å². The summed E-state index contributed by atoms with van der Waals surface area (Å²) in [6.45, 7) is 5.54. The van der Waals surface area contributed by atoms with E-state index in [1.54, 1.807) is 12.1 Å². The van der Waals surface area contributed by atoms with Crippen molar-refractivity contribution < 1.29 is 9.18 Å². The Labute approximate surface area is 113 Å². The largest absolute Gasteiger partial charge is 0.330 e. The molecule has 5 heteroatoms. The molecule has 0 saturated carbocycles. The average Bonchev–Trinajstić information content (AvgIpc) is 2.31. The number of nitrogens with zero attached hydrogens (tertiary/aromatic N) is 1. The van der Waals surface area contributed by atoms with Crippen molar-refractivity contribution in [3.8, 4) is 0 Å². The van der Waals surface area contributed by atoms with E-state index >= 15 is 0 Å². The third-order valence-corrected chi connectivity index (χ3v) is 2.81. The highest BCUT2D eigenvalue weighted by Gasteiger charge is 2.19. The van der Waals surface area contributed by atoms with Crippen LogP contribution in [0.4, 0.5) is 10.1 Å². The summed E-state index contributed by atoms with van der Waals surface area (Å²) >= 11 is 0. The van der Waals surface area contributed by atoms with E-state index in [1.807, 2.05) is 25.8 Å². The van der Waals surface area contributed by atoms with Gasteiger partial charge in [-0.3, -0.25) is 9.69 Å². The van der Waals surface area contributed by atoms with Crippen LogP contribution in [0.15, 0.2) is 24.3 Å². The molecule has 1 amide bonds. The van der Waals surface area contributed by atoms with E-state index in [0.717, 1.165) is 0 Å². The van der Waals surface area contributed by atoms with Gasteiger partial charge in [0, 0.05) is 6.54 Å². The Morgan fingerprint density at radius 3 is 2.63 bits per heavy atom. The molecule has 0 aliphatic rings. The molecule has 0 aliphatic heterocycles. The Bertz CT molecular complexity index is 434. The van der Waals surface area contributed by atoms with E-state index in [2.05, 4.69) is 5.32 Å². The molecule has 0 atom stereocenters. The first-order valence-corrected chi connectivity index (χ1v) is 6.27. The van der Waals surface area contributed by atoms with Crippen LogP contribution >= 0.6 is 0 Å². The standard InChI is InChI=1S/C14H22FN3O/c1-14(2,9-16)10-18(3)8-13(19)17-12-7-5-4-6-11(12)15/h4-7H,8-10,16H2,1-3H3,(H,17,19). The number of halogens is 1. The maximum absolute atomic E-state index is 13.4. The molecule has 0 fully saturated rings. The summed E-state index contributed by atoms with van der Waals surface area (Å²) in [6, 6.07) is 6.12. The number of hydrogen-bond acceptors (Lipinski definition) is 3. The van der Waals surface area contributed by atoms with Crippen molar-refractivity contribution in [1.29, 1.82) is 0 Å². The molecule has 1 rings (SSSR count). The molecule has 0 aromatic heterocycles. The summed E-state index contributed by atoms with van der Waals surface area (Å²) in [4.78, 5) is 13.7. The van der Waals surface area contributed by atoms with Crippen LogP contribution in [0.2, 0.25) is 0 Å². The second kappa shape index (κ2) is 6.63. The van der Waals surface area contributed by atoms with E-state index in [-0.39, 0.29) is 23.6 Å². The van der Waals surface area contributed by atoms with Gasteiger partial charge in [0.25, 0.3) is 0 Å². The van der Waals surface area contributed by atoms with Crippen LogP contribution in [0.1, 0.15) is 13.8 Å². The molecular formula is C14H22FN3O. The summed E-state index contributed by atoms with van der Waals surface area (Å²) in [5.74, 6) is -0.666. The lowest BCUT2D eigenvalue weighted by atomic mass is 9.93. The number of carbonyl (C=O) groups excluding carboxylic acids is 1. The van der Waals surface area contributed by atoms with Gasteiger partial charge in [-0.2, -0.15) is 0 Å². The lowest BCUT2D eigenvalue weighted by molar-refractivity contribution is -0.117. The molecule has 0 unspecified atom stereocenters. The quantitative estimate of drug-likeness (QED) is 0.824. The topological polar surface area (TPSA) is 58.4 Å². The summed E-state index contributed by atoms with van der Waals surface area (Å²) < 4.78 is 13.4. The van der Waals surface area contributed by atoms with Gasteiger partial charge in [0.1, 0.15) is 5.82 Å². The lowest BCUT2D eigenvalue weighted by Crippen LogP contribution is -2.40. The number of nitrogens with one attached hydrogen (secondary N) is 1. The monoisotopic (exact) mass is 267 g/mol. The number of rotatable bonds is 6. The Kier molecular flexibility index (Phi) is 5.44. The number of amides is 1. The number of benzene rings is 1. The zero-order valence-electron chi connectivity index (χ0n) is 11.7. The van der Waals surface area contributed by atoms with E-state index < -0.39 is 5.82 Å². The number of para-hydroxylation sites is 1. The normalized spacial score (nSPS) is 11.7. The summed E-state index contributed by atoms with van der Waals surface area (Å²) in [6.07, 6.45) is 0. The van der Waals surface area contributed by atoms with Gasteiger partial charge in [0.2, 0.25) is 5.91 Å². The molecule has 1 aromatic rings. The molecular weight excluding hydrogens is 245 g/mol. The van der Waals surface area contributed by atoms with E-state index in [0.29, 0.717) is 13.1 Å². The SMILES string of the molecule is CN(CC(=O)Nc1ccccc1F)CC(C)(C)CN. The van der Waals surface area contributed by atoms with Gasteiger partial charge in [0.05, 0.1) is 12.2 Å². The van der Waals surface area contributed by atoms with Gasteiger partial charge in [-0.15, -0.1) is 0 Å². The van der Waals surface area contributed by atoms with Crippen LogP contribution in [-0.2, 0) is 4.79 Å². The Morgan fingerprint density at radius 1 is 1.42 bits per heavy atom. The van der Waals surface area contributed by atoms with Crippen molar-refractivity contribution in [3.63, 3.8) is 0 Å². The zero-order valence-corrected chi connectivity index (χ0v) is 11.7. The van der Waals surface area contributed by atoms with Gasteiger partial charge in [0.15, 0.2) is 0 Å². The molecule has 0 bridgehead atoms. The van der Waals surface area contributed by atoms with Crippen molar-refractivity contribution in [3.05, 3.63) is 30.1 Å².